The molecular formula is C13H8FN5. The summed E-state index contributed by atoms with van der Waals surface area (Å²) in [5.41, 5.74) is 1.09. The molecule has 3 aromatic rings. The van der Waals surface area contributed by atoms with Gasteiger partial charge in [0.25, 0.3) is 0 Å². The second kappa shape index (κ2) is 4.46. The molecular weight excluding hydrogens is 245 g/mol. The van der Waals surface area contributed by atoms with E-state index in [0.29, 0.717) is 11.0 Å². The number of rotatable bonds is 2. The highest BCUT2D eigenvalue weighted by Crippen LogP contribution is 2.16. The molecule has 0 radical (unpaired) electrons. The monoisotopic (exact) mass is 253 g/mol. The third-order valence-corrected chi connectivity index (χ3v) is 2.75. The molecule has 3 aromatic heterocycles. The van der Waals surface area contributed by atoms with Gasteiger partial charge in [0, 0.05) is 12.4 Å². The normalized spacial score (nSPS) is 10.5. The van der Waals surface area contributed by atoms with Crippen molar-refractivity contribution in [3.05, 3.63) is 53.9 Å². The molecule has 0 bridgehead atoms. The lowest BCUT2D eigenvalue weighted by molar-refractivity contribution is 0.574. The standard InChI is InChI=1S/C13H8FN5/c14-10-4-2-5-16-12(10)8-19-13-9(3-1-6-17-13)11(7-15)18-19/h1-6H,8H2. The van der Waals surface area contributed by atoms with E-state index in [1.807, 2.05) is 6.07 Å². The Morgan fingerprint density at radius 3 is 2.79 bits per heavy atom. The van der Waals surface area contributed by atoms with Crippen LogP contribution >= 0.6 is 0 Å². The van der Waals surface area contributed by atoms with Gasteiger partial charge in [0.2, 0.25) is 0 Å². The summed E-state index contributed by atoms with van der Waals surface area (Å²) in [5, 5.41) is 13.8. The summed E-state index contributed by atoms with van der Waals surface area (Å²) in [6, 6.07) is 8.37. The van der Waals surface area contributed by atoms with Crippen LogP contribution in [0.1, 0.15) is 11.4 Å². The van der Waals surface area contributed by atoms with Gasteiger partial charge in [0.05, 0.1) is 17.6 Å². The molecule has 0 atom stereocenters. The van der Waals surface area contributed by atoms with Gasteiger partial charge < -0.3 is 0 Å². The molecule has 0 fully saturated rings. The van der Waals surface area contributed by atoms with Crippen molar-refractivity contribution in [2.45, 2.75) is 6.54 Å². The van der Waals surface area contributed by atoms with E-state index in [1.165, 1.54) is 23.0 Å². The summed E-state index contributed by atoms with van der Waals surface area (Å²) in [4.78, 5) is 8.14. The van der Waals surface area contributed by atoms with Gasteiger partial charge >= 0.3 is 0 Å². The van der Waals surface area contributed by atoms with Crippen LogP contribution in [0.3, 0.4) is 0 Å². The Hall–Kier alpha value is -2.81. The van der Waals surface area contributed by atoms with Crippen molar-refractivity contribution in [1.29, 1.82) is 5.26 Å². The summed E-state index contributed by atoms with van der Waals surface area (Å²) in [5.74, 6) is -0.402. The summed E-state index contributed by atoms with van der Waals surface area (Å²) < 4.78 is 15.1. The average Bonchev–Trinajstić information content (AvgIpc) is 2.80. The fourth-order valence-corrected chi connectivity index (χ4v) is 1.88. The summed E-state index contributed by atoms with van der Waals surface area (Å²) in [6.07, 6.45) is 3.12. The Morgan fingerprint density at radius 1 is 1.21 bits per heavy atom. The summed E-state index contributed by atoms with van der Waals surface area (Å²) in [7, 11) is 0. The van der Waals surface area contributed by atoms with E-state index in [2.05, 4.69) is 15.1 Å². The average molecular weight is 253 g/mol. The van der Waals surface area contributed by atoms with E-state index in [-0.39, 0.29) is 17.9 Å². The number of aromatic nitrogens is 4. The number of halogens is 1. The maximum absolute atomic E-state index is 13.6. The van der Waals surface area contributed by atoms with Crippen molar-refractivity contribution < 1.29 is 4.39 Å². The van der Waals surface area contributed by atoms with Crippen LogP contribution in [-0.2, 0) is 6.54 Å². The fourth-order valence-electron chi connectivity index (χ4n) is 1.88. The van der Waals surface area contributed by atoms with Gasteiger partial charge in [-0.3, -0.25) is 4.98 Å². The topological polar surface area (TPSA) is 67.4 Å². The first-order valence-electron chi connectivity index (χ1n) is 5.60. The summed E-state index contributed by atoms with van der Waals surface area (Å²) in [6.45, 7) is 0.141. The van der Waals surface area contributed by atoms with Crippen LogP contribution in [0.15, 0.2) is 36.7 Å². The molecule has 19 heavy (non-hydrogen) atoms. The van der Waals surface area contributed by atoms with Crippen molar-refractivity contribution in [3.63, 3.8) is 0 Å². The van der Waals surface area contributed by atoms with Crippen LogP contribution < -0.4 is 0 Å². The quantitative estimate of drug-likeness (QED) is 0.699. The molecule has 0 aliphatic heterocycles. The third kappa shape index (κ3) is 1.91. The molecule has 6 heteroatoms. The van der Waals surface area contributed by atoms with E-state index >= 15 is 0 Å². The molecule has 0 aliphatic rings. The van der Waals surface area contributed by atoms with Crippen molar-refractivity contribution in [2.24, 2.45) is 0 Å². The van der Waals surface area contributed by atoms with Crippen LogP contribution in [0.5, 0.6) is 0 Å². The molecule has 92 valence electrons. The second-order valence-electron chi connectivity index (χ2n) is 3.92. The van der Waals surface area contributed by atoms with Crippen molar-refractivity contribution in [2.75, 3.05) is 0 Å². The molecule has 0 aromatic carbocycles. The number of fused-ring (bicyclic) bond motifs is 1. The number of hydrogen-bond acceptors (Lipinski definition) is 4. The molecule has 0 saturated carbocycles. The van der Waals surface area contributed by atoms with Gasteiger partial charge in [0.15, 0.2) is 11.3 Å². The smallest absolute Gasteiger partial charge is 0.172 e. The Balaban J connectivity index is 2.12. The minimum Gasteiger partial charge on any atom is -0.256 e. The molecule has 0 amide bonds. The molecule has 0 spiro atoms. The lowest BCUT2D eigenvalue weighted by Crippen LogP contribution is -2.06. The highest BCUT2D eigenvalue weighted by molar-refractivity contribution is 5.80. The highest BCUT2D eigenvalue weighted by atomic mass is 19.1. The van der Waals surface area contributed by atoms with Crippen molar-refractivity contribution in [1.82, 2.24) is 19.7 Å². The largest absolute Gasteiger partial charge is 0.256 e. The number of hydrogen-bond donors (Lipinski definition) is 0. The van der Waals surface area contributed by atoms with Gasteiger partial charge in [0.1, 0.15) is 11.9 Å². The minimum atomic E-state index is -0.402. The number of nitriles is 1. The fraction of sp³-hybridized carbons (Fsp3) is 0.0769. The van der Waals surface area contributed by atoms with Crippen LogP contribution in [-0.4, -0.2) is 19.7 Å². The molecule has 0 N–H and O–H groups in total. The maximum Gasteiger partial charge on any atom is 0.172 e. The summed E-state index contributed by atoms with van der Waals surface area (Å²) >= 11 is 0. The zero-order valence-electron chi connectivity index (χ0n) is 9.79. The molecule has 3 rings (SSSR count). The van der Waals surface area contributed by atoms with Gasteiger partial charge in [-0.1, -0.05) is 0 Å². The molecule has 3 heterocycles. The second-order valence-corrected chi connectivity index (χ2v) is 3.92. The zero-order chi connectivity index (χ0) is 13.2. The number of pyridine rings is 2. The van der Waals surface area contributed by atoms with Crippen LogP contribution in [0, 0.1) is 17.1 Å². The van der Waals surface area contributed by atoms with Crippen molar-refractivity contribution >= 4 is 11.0 Å². The Kier molecular flexibility index (Phi) is 2.65. The lowest BCUT2D eigenvalue weighted by Gasteiger charge is -2.02. The predicted octanol–water partition coefficient (Wildman–Crippen LogP) is 1.89. The van der Waals surface area contributed by atoms with E-state index < -0.39 is 5.82 Å². The Bertz CT molecular complexity index is 787. The van der Waals surface area contributed by atoms with Crippen LogP contribution in [0.25, 0.3) is 11.0 Å². The molecule has 0 unspecified atom stereocenters. The highest BCUT2D eigenvalue weighted by Gasteiger charge is 2.12. The van der Waals surface area contributed by atoms with Gasteiger partial charge in [-0.25, -0.2) is 14.1 Å². The van der Waals surface area contributed by atoms with Gasteiger partial charge in [-0.2, -0.15) is 10.4 Å². The predicted molar refractivity (Wildman–Crippen MR) is 65.5 cm³/mol. The van der Waals surface area contributed by atoms with E-state index in [9.17, 15) is 4.39 Å². The Morgan fingerprint density at radius 2 is 2.00 bits per heavy atom. The van der Waals surface area contributed by atoms with E-state index in [4.69, 9.17) is 5.26 Å². The first kappa shape index (κ1) is 11.3. The lowest BCUT2D eigenvalue weighted by atomic mass is 10.3. The Labute approximate surface area is 108 Å². The first-order valence-corrected chi connectivity index (χ1v) is 5.60. The van der Waals surface area contributed by atoms with Crippen LogP contribution in [0.2, 0.25) is 0 Å². The SMILES string of the molecule is N#Cc1nn(Cc2ncccc2F)c2ncccc12. The molecule has 0 aliphatic carbocycles. The molecule has 5 nitrogen and oxygen atoms in total. The maximum atomic E-state index is 13.6. The van der Waals surface area contributed by atoms with E-state index in [1.54, 1.807) is 18.3 Å². The van der Waals surface area contributed by atoms with Crippen molar-refractivity contribution in [3.8, 4) is 6.07 Å². The molecule has 0 saturated heterocycles. The van der Waals surface area contributed by atoms with Gasteiger partial charge in [-0.05, 0) is 24.3 Å². The third-order valence-electron chi connectivity index (χ3n) is 2.75. The minimum absolute atomic E-state index is 0.141. The van der Waals surface area contributed by atoms with E-state index in [0.717, 1.165) is 0 Å². The number of nitrogens with zero attached hydrogens (tertiary/aromatic N) is 5. The first-order chi connectivity index (χ1) is 9.29. The van der Waals surface area contributed by atoms with Gasteiger partial charge in [-0.15, -0.1) is 0 Å². The zero-order valence-corrected chi connectivity index (χ0v) is 9.79. The van der Waals surface area contributed by atoms with Crippen LogP contribution in [0.4, 0.5) is 4.39 Å².